The second-order valence-electron chi connectivity index (χ2n) is 6.40. The van der Waals surface area contributed by atoms with Crippen molar-refractivity contribution in [1.82, 2.24) is 0 Å². The first kappa shape index (κ1) is 16.0. The highest BCUT2D eigenvalue weighted by Gasteiger charge is 2.20. The summed E-state index contributed by atoms with van der Waals surface area (Å²) in [5.41, 5.74) is 15.7. The lowest BCUT2D eigenvalue weighted by Crippen LogP contribution is -2.36. The van der Waals surface area contributed by atoms with Crippen LogP contribution in [0.2, 0.25) is 0 Å². The lowest BCUT2D eigenvalue weighted by atomic mass is 9.88. The van der Waals surface area contributed by atoms with E-state index in [0.29, 0.717) is 5.92 Å². The van der Waals surface area contributed by atoms with Crippen LogP contribution in [0.1, 0.15) is 62.8 Å². The van der Waals surface area contributed by atoms with Crippen molar-refractivity contribution < 1.29 is 4.74 Å². The molecule has 19 heavy (non-hydrogen) atoms. The van der Waals surface area contributed by atoms with Gasteiger partial charge in [-0.3, -0.25) is 0 Å². The minimum Gasteiger partial charge on any atom is -0.496 e. The minimum absolute atomic E-state index is 0.0385. The van der Waals surface area contributed by atoms with E-state index in [0.717, 1.165) is 17.7 Å². The summed E-state index contributed by atoms with van der Waals surface area (Å²) >= 11 is 0. The normalized spacial score (nSPS) is 13.7. The molecule has 0 fully saturated rings. The second kappa shape index (κ2) is 5.93. The van der Waals surface area contributed by atoms with Crippen molar-refractivity contribution in [3.8, 4) is 5.75 Å². The van der Waals surface area contributed by atoms with Crippen molar-refractivity contribution in [3.63, 3.8) is 0 Å². The Balaban J connectivity index is 3.18. The number of hydrogen-bond donors (Lipinski definition) is 2. The molecular formula is C16H28N2O. The van der Waals surface area contributed by atoms with Gasteiger partial charge in [0.2, 0.25) is 0 Å². The molecule has 0 spiro atoms. The lowest BCUT2D eigenvalue weighted by molar-refractivity contribution is 0.405. The van der Waals surface area contributed by atoms with Gasteiger partial charge in [-0.2, -0.15) is 0 Å². The third-order valence-corrected chi connectivity index (χ3v) is 3.39. The highest BCUT2D eigenvalue weighted by Crippen LogP contribution is 2.33. The van der Waals surface area contributed by atoms with Gasteiger partial charge in [0.1, 0.15) is 5.75 Å². The summed E-state index contributed by atoms with van der Waals surface area (Å²) in [6.07, 6.45) is 0.762. The maximum Gasteiger partial charge on any atom is 0.122 e. The number of aryl methyl sites for hydroxylation is 1. The van der Waals surface area contributed by atoms with Crippen LogP contribution in [0.4, 0.5) is 0 Å². The largest absolute Gasteiger partial charge is 0.496 e. The van der Waals surface area contributed by atoms with Crippen molar-refractivity contribution in [2.75, 3.05) is 7.11 Å². The summed E-state index contributed by atoms with van der Waals surface area (Å²) in [5.74, 6) is 1.35. The molecule has 0 radical (unpaired) electrons. The topological polar surface area (TPSA) is 61.3 Å². The maximum atomic E-state index is 6.32. The van der Waals surface area contributed by atoms with Crippen LogP contribution in [0.3, 0.4) is 0 Å². The van der Waals surface area contributed by atoms with Crippen LogP contribution in [0, 0.1) is 6.92 Å². The third kappa shape index (κ3) is 4.22. The molecule has 0 saturated heterocycles. The Morgan fingerprint density at radius 2 is 1.79 bits per heavy atom. The van der Waals surface area contributed by atoms with Gasteiger partial charge in [0.15, 0.2) is 0 Å². The van der Waals surface area contributed by atoms with Crippen LogP contribution in [-0.2, 0) is 0 Å². The van der Waals surface area contributed by atoms with Gasteiger partial charge in [0.05, 0.1) is 7.11 Å². The van der Waals surface area contributed by atoms with Gasteiger partial charge in [0, 0.05) is 11.6 Å². The molecule has 0 heterocycles. The quantitative estimate of drug-likeness (QED) is 0.858. The summed E-state index contributed by atoms with van der Waals surface area (Å²) in [6.45, 7) is 10.4. The van der Waals surface area contributed by atoms with Gasteiger partial charge in [-0.25, -0.2) is 0 Å². The summed E-state index contributed by atoms with van der Waals surface area (Å²) in [5, 5.41) is 0. The zero-order chi connectivity index (χ0) is 14.8. The molecule has 0 amide bonds. The summed E-state index contributed by atoms with van der Waals surface area (Å²) in [6, 6.07) is 4.21. The Morgan fingerprint density at radius 1 is 1.21 bits per heavy atom. The van der Waals surface area contributed by atoms with Crippen molar-refractivity contribution in [2.45, 2.75) is 58.5 Å². The van der Waals surface area contributed by atoms with E-state index in [1.807, 2.05) is 13.8 Å². The summed E-state index contributed by atoms with van der Waals surface area (Å²) in [7, 11) is 1.71. The van der Waals surface area contributed by atoms with Crippen LogP contribution in [-0.4, -0.2) is 12.6 Å². The average Bonchev–Trinajstić information content (AvgIpc) is 2.25. The summed E-state index contributed by atoms with van der Waals surface area (Å²) < 4.78 is 5.46. The zero-order valence-corrected chi connectivity index (χ0v) is 13.1. The lowest BCUT2D eigenvalue weighted by Gasteiger charge is -2.26. The Morgan fingerprint density at radius 3 is 2.21 bits per heavy atom. The Hall–Kier alpha value is -1.06. The first-order valence-electron chi connectivity index (χ1n) is 6.88. The van der Waals surface area contributed by atoms with Crippen molar-refractivity contribution in [2.24, 2.45) is 11.5 Å². The number of nitrogens with two attached hydrogens (primary N) is 2. The van der Waals surface area contributed by atoms with E-state index in [2.05, 4.69) is 32.9 Å². The Labute approximate surface area is 117 Å². The van der Waals surface area contributed by atoms with Gasteiger partial charge < -0.3 is 16.2 Å². The molecule has 1 atom stereocenters. The molecule has 1 aromatic rings. The Bertz CT molecular complexity index is 433. The van der Waals surface area contributed by atoms with Gasteiger partial charge >= 0.3 is 0 Å². The molecule has 1 aromatic carbocycles. The summed E-state index contributed by atoms with van der Waals surface area (Å²) in [4.78, 5) is 0. The van der Waals surface area contributed by atoms with Crippen molar-refractivity contribution >= 4 is 0 Å². The molecule has 1 rings (SSSR count). The van der Waals surface area contributed by atoms with E-state index in [9.17, 15) is 0 Å². The second-order valence-corrected chi connectivity index (χ2v) is 6.40. The van der Waals surface area contributed by atoms with Gasteiger partial charge in [-0.1, -0.05) is 19.9 Å². The predicted molar refractivity (Wildman–Crippen MR) is 81.6 cm³/mol. The Kier molecular flexibility index (Phi) is 4.99. The number of hydrogen-bond acceptors (Lipinski definition) is 3. The van der Waals surface area contributed by atoms with E-state index >= 15 is 0 Å². The first-order chi connectivity index (χ1) is 8.65. The average molecular weight is 264 g/mol. The molecule has 3 heteroatoms. The number of benzene rings is 1. The van der Waals surface area contributed by atoms with Crippen LogP contribution in [0.25, 0.3) is 0 Å². The smallest absolute Gasteiger partial charge is 0.122 e. The highest BCUT2D eigenvalue weighted by atomic mass is 16.5. The first-order valence-corrected chi connectivity index (χ1v) is 6.88. The van der Waals surface area contributed by atoms with Crippen LogP contribution >= 0.6 is 0 Å². The monoisotopic (exact) mass is 264 g/mol. The molecule has 4 N–H and O–H groups in total. The van der Waals surface area contributed by atoms with Gasteiger partial charge in [0.25, 0.3) is 0 Å². The number of ether oxygens (including phenoxy) is 1. The zero-order valence-electron chi connectivity index (χ0n) is 13.1. The fourth-order valence-electron chi connectivity index (χ4n) is 2.42. The molecule has 0 aromatic heterocycles. The van der Waals surface area contributed by atoms with Crippen LogP contribution in [0.15, 0.2) is 12.1 Å². The fraction of sp³-hybridized carbons (Fsp3) is 0.625. The van der Waals surface area contributed by atoms with E-state index in [1.165, 1.54) is 11.1 Å². The van der Waals surface area contributed by atoms with Gasteiger partial charge in [-0.05, 0) is 55.9 Å². The number of rotatable bonds is 5. The van der Waals surface area contributed by atoms with E-state index in [4.69, 9.17) is 16.2 Å². The molecule has 0 aliphatic rings. The maximum absolute atomic E-state index is 6.32. The molecule has 0 aliphatic heterocycles. The highest BCUT2D eigenvalue weighted by molar-refractivity contribution is 5.45. The molecule has 3 nitrogen and oxygen atoms in total. The standard InChI is InChI=1S/C16H28N2O/c1-10(2)12-8-13(11(3)7-15(12)19-6)14(17)9-16(4,5)18/h7-8,10,14H,9,17-18H2,1-6H3. The predicted octanol–water partition coefficient (Wildman–Crippen LogP) is 3.25. The van der Waals surface area contributed by atoms with Crippen LogP contribution < -0.4 is 16.2 Å². The molecule has 1 unspecified atom stereocenters. The van der Waals surface area contributed by atoms with E-state index in [-0.39, 0.29) is 11.6 Å². The molecular weight excluding hydrogens is 236 g/mol. The van der Waals surface area contributed by atoms with E-state index < -0.39 is 0 Å². The van der Waals surface area contributed by atoms with Crippen molar-refractivity contribution in [1.29, 1.82) is 0 Å². The molecule has 0 saturated carbocycles. The van der Waals surface area contributed by atoms with E-state index in [1.54, 1.807) is 7.11 Å². The molecule has 0 aliphatic carbocycles. The minimum atomic E-state index is -0.260. The fourth-order valence-corrected chi connectivity index (χ4v) is 2.42. The van der Waals surface area contributed by atoms with Crippen molar-refractivity contribution in [3.05, 3.63) is 28.8 Å². The van der Waals surface area contributed by atoms with Crippen LogP contribution in [0.5, 0.6) is 5.75 Å². The van der Waals surface area contributed by atoms with Gasteiger partial charge in [-0.15, -0.1) is 0 Å². The number of methoxy groups -OCH3 is 1. The molecule has 108 valence electrons. The molecule has 0 bridgehead atoms. The SMILES string of the molecule is COc1cc(C)c(C(N)CC(C)(C)N)cc1C(C)C. The third-order valence-electron chi connectivity index (χ3n) is 3.39.